The second kappa shape index (κ2) is 41.0. The molecule has 0 aliphatic heterocycles. The molecule has 0 saturated heterocycles. The van der Waals surface area contributed by atoms with Gasteiger partial charge in [-0.15, -0.1) is 6.58 Å². The Morgan fingerprint density at radius 1 is 0.558 bits per heavy atom. The number of sulfonamides is 1. The van der Waals surface area contributed by atoms with Gasteiger partial charge in [0.15, 0.2) is 0 Å². The molecule has 4 aromatic carbocycles. The van der Waals surface area contributed by atoms with Crippen LogP contribution < -0.4 is 30.9 Å². The first-order chi connectivity index (χ1) is 45.5. The molecule has 0 unspecified atom stereocenters. The lowest BCUT2D eigenvalue weighted by atomic mass is 9.98. The van der Waals surface area contributed by atoms with Crippen molar-refractivity contribution in [3.63, 3.8) is 0 Å². The van der Waals surface area contributed by atoms with Gasteiger partial charge in [0, 0.05) is 66.0 Å². The first-order valence-corrected chi connectivity index (χ1v) is 36.5. The molecule has 95 heavy (non-hydrogen) atoms. The predicted molar refractivity (Wildman–Crippen MR) is 390 cm³/mol. The van der Waals surface area contributed by atoms with E-state index in [1.807, 2.05) is 113 Å². The number of thioether (sulfide) groups is 2. The topological polar surface area (TPSA) is 242 Å². The van der Waals surface area contributed by atoms with Crippen molar-refractivity contribution in [3.05, 3.63) is 178 Å². The number of rotatable bonds is 41. The van der Waals surface area contributed by atoms with Crippen molar-refractivity contribution >= 4 is 79.8 Å². The summed E-state index contributed by atoms with van der Waals surface area (Å²) in [4.78, 5) is 70.4. The van der Waals surface area contributed by atoms with Crippen LogP contribution in [0.4, 0.5) is 10.5 Å². The number of aliphatic hydroxyl groups excluding tert-OH is 2. The number of ether oxygens (including phenoxy) is 2. The SMILES string of the molecule is C=C(C)CCC/C(C)=C/CC/C(C)=C/CC/C(C)=C/CSC[C@H](NC(=O)[C@H](CO)NC(=O)OCC1c2ccccc2-c2ccccc21)C(=O)N[C@@H](CO)C(=O)N[C@@H](CSC/C=C(\C)CC/C=C(\C)CC/C=C(\C)CNS(=O)(=O)c1cccc2c(N(C)C)cccc12)C(=O)OC. The van der Waals surface area contributed by atoms with Gasteiger partial charge >= 0.3 is 12.1 Å². The van der Waals surface area contributed by atoms with E-state index < -0.39 is 77.2 Å². The van der Waals surface area contributed by atoms with E-state index in [0.29, 0.717) is 16.9 Å². The minimum atomic E-state index is -3.77. The first kappa shape index (κ1) is 78.5. The molecule has 0 bridgehead atoms. The zero-order chi connectivity index (χ0) is 69.5. The van der Waals surface area contributed by atoms with Gasteiger partial charge in [0.2, 0.25) is 27.7 Å². The van der Waals surface area contributed by atoms with Crippen LogP contribution in [0, 0.1) is 0 Å². The van der Waals surface area contributed by atoms with Crippen LogP contribution in [-0.2, 0) is 38.7 Å². The van der Waals surface area contributed by atoms with Crippen molar-refractivity contribution in [2.24, 2.45) is 0 Å². The summed E-state index contributed by atoms with van der Waals surface area (Å²) in [5.41, 5.74) is 13.4. The monoisotopic (exact) mass is 1360 g/mol. The largest absolute Gasteiger partial charge is 0.467 e. The fourth-order valence-electron chi connectivity index (χ4n) is 10.9. The van der Waals surface area contributed by atoms with Gasteiger partial charge in [0.05, 0.1) is 25.2 Å². The third-order valence-corrected chi connectivity index (χ3v) is 19.9. The van der Waals surface area contributed by atoms with Gasteiger partial charge in [-0.1, -0.05) is 148 Å². The molecule has 1 aliphatic rings. The van der Waals surface area contributed by atoms with Crippen LogP contribution >= 0.6 is 23.5 Å². The lowest BCUT2D eigenvalue weighted by molar-refractivity contribution is -0.144. The molecule has 20 heteroatoms. The zero-order valence-electron chi connectivity index (χ0n) is 57.3. The molecule has 0 heterocycles. The van der Waals surface area contributed by atoms with E-state index in [9.17, 15) is 42.6 Å². The maximum Gasteiger partial charge on any atom is 0.407 e. The smallest absolute Gasteiger partial charge is 0.407 e. The van der Waals surface area contributed by atoms with E-state index >= 15 is 0 Å². The molecule has 0 saturated carbocycles. The van der Waals surface area contributed by atoms with Gasteiger partial charge < -0.3 is 45.9 Å². The fraction of sp³-hybridized carbons (Fsp3) is 0.453. The number of esters is 1. The Kier molecular flexibility index (Phi) is 33.9. The van der Waals surface area contributed by atoms with Crippen molar-refractivity contribution < 1.29 is 52.1 Å². The minimum Gasteiger partial charge on any atom is -0.467 e. The van der Waals surface area contributed by atoms with Gasteiger partial charge in [0.1, 0.15) is 30.8 Å². The average Bonchev–Trinajstić information content (AvgIpc) is 1.72. The summed E-state index contributed by atoms with van der Waals surface area (Å²) < 4.78 is 40.3. The second-order valence-electron chi connectivity index (χ2n) is 24.8. The van der Waals surface area contributed by atoms with E-state index in [4.69, 9.17) is 9.47 Å². The van der Waals surface area contributed by atoms with Crippen LogP contribution in [0.2, 0.25) is 0 Å². The molecule has 4 atom stereocenters. The lowest BCUT2D eigenvalue weighted by Gasteiger charge is -2.25. The number of hydrogen-bond donors (Lipinski definition) is 7. The van der Waals surface area contributed by atoms with Gasteiger partial charge in [0.25, 0.3) is 0 Å². The summed E-state index contributed by atoms with van der Waals surface area (Å²) in [6.07, 6.45) is 22.1. The number of aliphatic hydroxyl groups is 2. The normalized spacial score (nSPS) is 14.5. The molecule has 5 rings (SSSR count). The molecule has 7 N–H and O–H groups in total. The third-order valence-electron chi connectivity index (χ3n) is 16.5. The lowest BCUT2D eigenvalue weighted by Crippen LogP contribution is -2.60. The zero-order valence-corrected chi connectivity index (χ0v) is 59.8. The number of fused-ring (bicyclic) bond motifs is 4. The Labute approximate surface area is 573 Å². The van der Waals surface area contributed by atoms with Gasteiger partial charge in [-0.2, -0.15) is 23.5 Å². The highest BCUT2D eigenvalue weighted by Crippen LogP contribution is 2.44. The van der Waals surface area contributed by atoms with Crippen LogP contribution in [0.1, 0.15) is 136 Å². The van der Waals surface area contributed by atoms with Gasteiger partial charge in [-0.05, 0) is 153 Å². The van der Waals surface area contributed by atoms with Crippen molar-refractivity contribution in [2.45, 2.75) is 154 Å². The maximum atomic E-state index is 14.2. The molecular formula is C75H102N6O11S3. The number of nitrogens with zero attached hydrogens (tertiary/aromatic N) is 1. The molecule has 17 nitrogen and oxygen atoms in total. The number of benzene rings is 4. The maximum absolute atomic E-state index is 14.2. The quantitative estimate of drug-likeness (QED) is 0.0124. The van der Waals surface area contributed by atoms with Crippen LogP contribution in [0.25, 0.3) is 21.9 Å². The number of alkyl carbamates (subject to hydrolysis) is 1. The highest BCUT2D eigenvalue weighted by Gasteiger charge is 2.33. The Morgan fingerprint density at radius 2 is 1.01 bits per heavy atom. The van der Waals surface area contributed by atoms with E-state index in [0.717, 1.165) is 121 Å². The van der Waals surface area contributed by atoms with E-state index in [1.54, 1.807) is 12.1 Å². The van der Waals surface area contributed by atoms with E-state index in [1.165, 1.54) is 52.9 Å². The average molecular weight is 1360 g/mol. The molecule has 0 spiro atoms. The highest BCUT2D eigenvalue weighted by molar-refractivity contribution is 7.99. The molecular weight excluding hydrogens is 1260 g/mol. The Hall–Kier alpha value is -7.20. The van der Waals surface area contributed by atoms with Gasteiger partial charge in [-0.25, -0.2) is 22.7 Å². The number of hydrogen-bond acceptors (Lipinski definition) is 14. The summed E-state index contributed by atoms with van der Waals surface area (Å²) in [6, 6.07) is 21.2. The van der Waals surface area contributed by atoms with E-state index in [2.05, 4.69) is 96.7 Å². The summed E-state index contributed by atoms with van der Waals surface area (Å²) in [5.74, 6) is -2.43. The molecule has 4 aromatic rings. The standard InChI is InChI=1S/C75H102N6O11S3/c1-51(2)23-16-24-52(3)25-17-26-53(4)27-18-30-55(6)41-43-93-49-67(78-72(85)66(47-83)80-75(88)92-48-64-60-35-14-12-33-58(60)59-34-13-15-36-61(59)64)73(86)77-65(46-82)71(84)79-68(74(87)91-11)50-94-44-42-56(7)31-19-28-54(5)29-20-32-57(8)45-76-95(89,90)70-40-22-37-62-63(70)38-21-39-69(62)81(9)10/h12-15,21-22,25,27-28,32-42,64-68,76,82-83H,1,16-20,23-24,26,29-31,43-50H2,2-11H3,(H,77,86)(H,78,85)(H,79,84)(H,80,88)/b52-25+,53-27+,54-28+,55-41+,56-42+,57-32+/t65-,66-,67-,68-/m0/s1. The fourth-order valence-corrected chi connectivity index (χ4v) is 14.2. The summed E-state index contributed by atoms with van der Waals surface area (Å²) in [5, 5.41) is 32.7. The third kappa shape index (κ3) is 26.4. The Bertz CT molecular complexity index is 3510. The number of carbonyl (C=O) groups excluding carboxylic acids is 5. The van der Waals surface area contributed by atoms with Crippen molar-refractivity contribution in [1.29, 1.82) is 0 Å². The second-order valence-corrected chi connectivity index (χ2v) is 28.7. The Balaban J connectivity index is 1.12. The van der Waals surface area contributed by atoms with Crippen LogP contribution in [0.5, 0.6) is 0 Å². The summed E-state index contributed by atoms with van der Waals surface area (Å²) in [7, 11) is 1.30. The molecule has 516 valence electrons. The molecule has 4 amide bonds. The van der Waals surface area contributed by atoms with Crippen LogP contribution in [-0.4, -0.2) is 143 Å². The molecule has 0 fully saturated rings. The van der Waals surface area contributed by atoms with Crippen molar-refractivity contribution in [1.82, 2.24) is 26.0 Å². The minimum absolute atomic E-state index is 0.00755. The summed E-state index contributed by atoms with van der Waals surface area (Å²) in [6.45, 7) is 17.0. The number of allylic oxidation sites excluding steroid dienone is 10. The van der Waals surface area contributed by atoms with Gasteiger partial charge in [-0.3, -0.25) is 14.4 Å². The highest BCUT2D eigenvalue weighted by atomic mass is 32.2. The van der Waals surface area contributed by atoms with Crippen LogP contribution in [0.3, 0.4) is 0 Å². The van der Waals surface area contributed by atoms with Crippen LogP contribution in [0.15, 0.2) is 172 Å². The number of methoxy groups -OCH3 is 1. The number of amides is 4. The van der Waals surface area contributed by atoms with Crippen molar-refractivity contribution in [3.8, 4) is 11.1 Å². The Morgan fingerprint density at radius 3 is 1.54 bits per heavy atom. The molecule has 0 aromatic heterocycles. The van der Waals surface area contributed by atoms with Crippen molar-refractivity contribution in [2.75, 3.05) is 75.5 Å². The number of anilines is 1. The predicted octanol–water partition coefficient (Wildman–Crippen LogP) is 12.7. The first-order valence-electron chi connectivity index (χ1n) is 32.7. The number of nitrogens with one attached hydrogen (secondary N) is 5. The van der Waals surface area contributed by atoms with E-state index in [-0.39, 0.29) is 35.5 Å². The summed E-state index contributed by atoms with van der Waals surface area (Å²) >= 11 is 2.73. The number of carbonyl (C=O) groups is 5. The molecule has 0 radical (unpaired) electrons. The molecule has 1 aliphatic carbocycles.